The van der Waals surface area contributed by atoms with Crippen molar-refractivity contribution in [2.24, 2.45) is 5.16 Å². The van der Waals surface area contributed by atoms with Crippen LogP contribution in [0.1, 0.15) is 5.56 Å². The van der Waals surface area contributed by atoms with Crippen LogP contribution in [0.15, 0.2) is 53.7 Å². The highest BCUT2D eigenvalue weighted by Crippen LogP contribution is 2.22. The molecule has 0 radical (unpaired) electrons. The van der Waals surface area contributed by atoms with E-state index in [9.17, 15) is 9.59 Å². The molecule has 0 atom stereocenters. The maximum atomic E-state index is 11.8. The molecular formula is C15H10ClN3O3. The van der Waals surface area contributed by atoms with Crippen molar-refractivity contribution >= 4 is 40.7 Å². The van der Waals surface area contributed by atoms with E-state index in [0.717, 1.165) is 0 Å². The Morgan fingerprint density at radius 3 is 2.64 bits per heavy atom. The summed E-state index contributed by atoms with van der Waals surface area (Å²) in [4.78, 5) is 28.2. The number of anilines is 2. The first-order valence-electron chi connectivity index (χ1n) is 6.36. The van der Waals surface area contributed by atoms with Crippen molar-refractivity contribution in [2.75, 3.05) is 10.6 Å². The van der Waals surface area contributed by atoms with Gasteiger partial charge < -0.3 is 5.32 Å². The zero-order chi connectivity index (χ0) is 15.5. The van der Waals surface area contributed by atoms with E-state index in [1.54, 1.807) is 48.5 Å². The lowest BCUT2D eigenvalue weighted by Crippen LogP contribution is -2.17. The van der Waals surface area contributed by atoms with E-state index in [2.05, 4.69) is 15.8 Å². The maximum Gasteiger partial charge on any atom is 0.437 e. The summed E-state index contributed by atoms with van der Waals surface area (Å²) in [6.07, 6.45) is -0.799. The van der Waals surface area contributed by atoms with Gasteiger partial charge in [-0.05, 0) is 30.3 Å². The third-order valence-corrected chi connectivity index (χ3v) is 3.21. The van der Waals surface area contributed by atoms with Crippen LogP contribution < -0.4 is 10.6 Å². The molecule has 0 unspecified atom stereocenters. The van der Waals surface area contributed by atoms with Crippen LogP contribution >= 0.6 is 11.6 Å². The molecular weight excluding hydrogens is 306 g/mol. The summed E-state index contributed by atoms with van der Waals surface area (Å²) in [7, 11) is 0. The third-order valence-electron chi connectivity index (χ3n) is 2.96. The summed E-state index contributed by atoms with van der Waals surface area (Å²) in [5.41, 5.74) is 1.78. The second kappa shape index (κ2) is 5.87. The van der Waals surface area contributed by atoms with Crippen LogP contribution in [0.25, 0.3) is 0 Å². The Morgan fingerprint density at radius 2 is 1.86 bits per heavy atom. The van der Waals surface area contributed by atoms with Gasteiger partial charge in [0.1, 0.15) is 0 Å². The number of carbonyl (C=O) groups excluding carboxylic acids is 2. The highest BCUT2D eigenvalue weighted by molar-refractivity contribution is 6.53. The summed E-state index contributed by atoms with van der Waals surface area (Å²) in [6.45, 7) is 0. The molecule has 1 aliphatic rings. The molecule has 0 saturated carbocycles. The van der Waals surface area contributed by atoms with Crippen LogP contribution in [-0.4, -0.2) is 17.7 Å². The monoisotopic (exact) mass is 315 g/mol. The average molecular weight is 316 g/mol. The van der Waals surface area contributed by atoms with Crippen molar-refractivity contribution in [2.45, 2.75) is 0 Å². The highest BCUT2D eigenvalue weighted by atomic mass is 35.5. The minimum Gasteiger partial charge on any atom is -0.320 e. The van der Waals surface area contributed by atoms with Gasteiger partial charge in [-0.25, -0.2) is 4.79 Å². The maximum absolute atomic E-state index is 11.8. The van der Waals surface area contributed by atoms with Crippen molar-refractivity contribution in [3.63, 3.8) is 0 Å². The minimum atomic E-state index is -0.799. The van der Waals surface area contributed by atoms with E-state index >= 15 is 0 Å². The number of para-hydroxylation sites is 1. The molecule has 3 rings (SSSR count). The summed E-state index contributed by atoms with van der Waals surface area (Å²) in [6, 6.07) is 13.5. The summed E-state index contributed by atoms with van der Waals surface area (Å²) >= 11 is 5.75. The van der Waals surface area contributed by atoms with Gasteiger partial charge in [0.2, 0.25) is 0 Å². The molecule has 1 heterocycles. The first-order valence-corrected chi connectivity index (χ1v) is 6.73. The topological polar surface area (TPSA) is 79.8 Å². The first kappa shape index (κ1) is 14.1. The Morgan fingerprint density at radius 1 is 1.14 bits per heavy atom. The van der Waals surface area contributed by atoms with Crippen molar-refractivity contribution < 1.29 is 14.4 Å². The highest BCUT2D eigenvalue weighted by Gasteiger charge is 2.26. The molecule has 2 N–H and O–H groups in total. The molecule has 22 heavy (non-hydrogen) atoms. The third kappa shape index (κ3) is 2.91. The molecule has 1 aliphatic heterocycles. The van der Waals surface area contributed by atoms with Crippen LogP contribution in [0.2, 0.25) is 5.02 Å². The van der Waals surface area contributed by atoms with Crippen LogP contribution in [0.3, 0.4) is 0 Å². The number of halogens is 1. The Hall–Kier alpha value is -2.86. The largest absolute Gasteiger partial charge is 0.437 e. The van der Waals surface area contributed by atoms with Gasteiger partial charge >= 0.3 is 6.09 Å². The van der Waals surface area contributed by atoms with Gasteiger partial charge in [0, 0.05) is 16.3 Å². The van der Waals surface area contributed by atoms with Crippen molar-refractivity contribution in [1.29, 1.82) is 0 Å². The number of oxime groups is 1. The fourth-order valence-electron chi connectivity index (χ4n) is 1.95. The lowest BCUT2D eigenvalue weighted by Gasteiger charge is -2.03. The van der Waals surface area contributed by atoms with E-state index in [1.807, 2.05) is 0 Å². The number of hydrogen-bond donors (Lipinski definition) is 2. The van der Waals surface area contributed by atoms with Gasteiger partial charge in [0.15, 0.2) is 5.71 Å². The lowest BCUT2D eigenvalue weighted by atomic mass is 10.1. The molecule has 2 aromatic rings. The fourth-order valence-corrected chi connectivity index (χ4v) is 2.08. The molecule has 7 heteroatoms. The van der Waals surface area contributed by atoms with Crippen LogP contribution in [-0.2, 0) is 9.63 Å². The van der Waals surface area contributed by atoms with Crippen LogP contribution in [0.5, 0.6) is 0 Å². The van der Waals surface area contributed by atoms with Gasteiger partial charge in [-0.2, -0.15) is 0 Å². The van der Waals surface area contributed by atoms with Crippen molar-refractivity contribution in [3.05, 3.63) is 59.1 Å². The Balaban J connectivity index is 1.70. The first-order chi connectivity index (χ1) is 10.6. The van der Waals surface area contributed by atoms with Gasteiger partial charge in [-0.15, -0.1) is 0 Å². The zero-order valence-electron chi connectivity index (χ0n) is 11.2. The standard InChI is InChI=1S/C15H10ClN3O3/c16-9-5-7-10(8-6-9)17-15(21)22-19-13-11-3-1-2-4-12(11)18-14(13)20/h1-8H,(H,17,21)(H,18,19,20). The number of benzene rings is 2. The molecule has 2 aromatic carbocycles. The van der Waals surface area contributed by atoms with E-state index in [1.165, 1.54) is 0 Å². The molecule has 110 valence electrons. The van der Waals surface area contributed by atoms with E-state index in [4.69, 9.17) is 16.4 Å². The molecule has 2 amide bonds. The minimum absolute atomic E-state index is 0.0573. The summed E-state index contributed by atoms with van der Waals surface area (Å²) < 4.78 is 0. The van der Waals surface area contributed by atoms with Crippen molar-refractivity contribution in [1.82, 2.24) is 0 Å². The Bertz CT molecular complexity index is 772. The van der Waals surface area contributed by atoms with Crippen LogP contribution in [0.4, 0.5) is 16.2 Å². The predicted molar refractivity (Wildman–Crippen MR) is 83.2 cm³/mol. The quantitative estimate of drug-likeness (QED) is 0.659. The van der Waals surface area contributed by atoms with E-state index in [-0.39, 0.29) is 5.71 Å². The number of carbonyl (C=O) groups is 2. The summed E-state index contributed by atoms with van der Waals surface area (Å²) in [5, 5.41) is 9.28. The number of nitrogens with zero attached hydrogens (tertiary/aromatic N) is 1. The van der Waals surface area contributed by atoms with E-state index < -0.39 is 12.0 Å². The lowest BCUT2D eigenvalue weighted by molar-refractivity contribution is -0.110. The molecule has 0 saturated heterocycles. The summed E-state index contributed by atoms with van der Waals surface area (Å²) in [5.74, 6) is -0.416. The predicted octanol–water partition coefficient (Wildman–Crippen LogP) is 3.24. The zero-order valence-corrected chi connectivity index (χ0v) is 11.9. The smallest absolute Gasteiger partial charge is 0.320 e. The van der Waals surface area contributed by atoms with Crippen molar-refractivity contribution in [3.8, 4) is 0 Å². The Kier molecular flexibility index (Phi) is 3.76. The fraction of sp³-hybridized carbons (Fsp3) is 0. The number of rotatable bonds is 2. The molecule has 6 nitrogen and oxygen atoms in total. The SMILES string of the molecule is O=C(Nc1ccc(Cl)cc1)ON=C1C(=O)Nc2ccccc21. The van der Waals surface area contributed by atoms with Gasteiger partial charge in [-0.1, -0.05) is 35.0 Å². The van der Waals surface area contributed by atoms with Gasteiger partial charge in [-0.3, -0.25) is 14.9 Å². The number of hydrogen-bond acceptors (Lipinski definition) is 4. The van der Waals surface area contributed by atoms with Gasteiger partial charge in [0.25, 0.3) is 5.91 Å². The Labute approximate surface area is 130 Å². The van der Waals surface area contributed by atoms with E-state index in [0.29, 0.717) is 22.0 Å². The second-order valence-corrected chi connectivity index (χ2v) is 4.89. The number of fused-ring (bicyclic) bond motifs is 1. The molecule has 0 fully saturated rings. The number of amides is 2. The average Bonchev–Trinajstić information content (AvgIpc) is 2.83. The molecule has 0 aliphatic carbocycles. The molecule has 0 bridgehead atoms. The molecule has 0 aromatic heterocycles. The van der Waals surface area contributed by atoms with Gasteiger partial charge in [0.05, 0.1) is 5.69 Å². The normalized spacial score (nSPS) is 14.4. The van der Waals surface area contributed by atoms with Crippen LogP contribution in [0, 0.1) is 0 Å². The second-order valence-electron chi connectivity index (χ2n) is 4.45. The number of nitrogens with one attached hydrogen (secondary N) is 2. The molecule has 0 spiro atoms.